The van der Waals surface area contributed by atoms with Gasteiger partial charge in [0.2, 0.25) is 0 Å². The Bertz CT molecular complexity index is 1630. The van der Waals surface area contributed by atoms with Crippen LogP contribution in [-0.2, 0) is 6.18 Å². The van der Waals surface area contributed by atoms with Crippen LogP contribution < -0.4 is 20.4 Å². The van der Waals surface area contributed by atoms with Crippen LogP contribution in [0, 0.1) is 6.92 Å². The molecule has 2 aromatic heterocycles. The number of piperazine rings is 1. The molecule has 3 heterocycles. The van der Waals surface area contributed by atoms with Crippen LogP contribution in [0.25, 0.3) is 11.0 Å². The normalized spacial score (nSPS) is 14.1. The summed E-state index contributed by atoms with van der Waals surface area (Å²) in [6.45, 7) is 4.36. The Morgan fingerprint density at radius 2 is 1.81 bits per heavy atom. The van der Waals surface area contributed by atoms with Crippen LogP contribution in [-0.4, -0.2) is 83.3 Å². The molecule has 14 heteroatoms. The average molecular weight is 597 g/mol. The van der Waals surface area contributed by atoms with Gasteiger partial charge in [0.15, 0.2) is 0 Å². The number of alkyl halides is 3. The molecule has 3 amide bonds. The van der Waals surface area contributed by atoms with Crippen LogP contribution in [0.3, 0.4) is 0 Å². The van der Waals surface area contributed by atoms with Crippen LogP contribution in [0.4, 0.5) is 40.8 Å². The number of nitrogens with zero attached hydrogens (tertiary/aromatic N) is 5. The van der Waals surface area contributed by atoms with Crippen molar-refractivity contribution in [2.75, 3.05) is 66.8 Å². The van der Waals surface area contributed by atoms with Crippen molar-refractivity contribution >= 4 is 45.9 Å². The van der Waals surface area contributed by atoms with Gasteiger partial charge in [-0.1, -0.05) is 6.07 Å². The lowest BCUT2D eigenvalue weighted by Crippen LogP contribution is -2.47. The first kappa shape index (κ1) is 29.8. The van der Waals surface area contributed by atoms with E-state index in [0.717, 1.165) is 12.1 Å². The number of rotatable bonds is 7. The number of fused-ring (bicyclic) bond motifs is 1. The first-order valence-corrected chi connectivity index (χ1v) is 13.6. The van der Waals surface area contributed by atoms with Crippen molar-refractivity contribution in [3.63, 3.8) is 0 Å². The maximum atomic E-state index is 13.8. The van der Waals surface area contributed by atoms with Crippen LogP contribution in [0.15, 0.2) is 55.0 Å². The number of nitrogens with one attached hydrogen (secondary N) is 3. The number of hydrogen-bond acceptors (Lipinski definition) is 7. The average Bonchev–Trinajstić information content (AvgIpc) is 3.47. The second-order valence-corrected chi connectivity index (χ2v) is 10.2. The molecule has 226 valence electrons. The zero-order valence-corrected chi connectivity index (χ0v) is 23.6. The van der Waals surface area contributed by atoms with Gasteiger partial charge in [-0.15, -0.1) is 0 Å². The fourth-order valence-electron chi connectivity index (χ4n) is 4.92. The lowest BCUT2D eigenvalue weighted by atomic mass is 10.1. The lowest BCUT2D eigenvalue weighted by Gasteiger charge is -2.36. The van der Waals surface area contributed by atoms with Crippen LogP contribution in [0.5, 0.6) is 0 Å². The number of anilines is 4. The topological polar surface area (TPSA) is 130 Å². The Balaban J connectivity index is 1.34. The van der Waals surface area contributed by atoms with E-state index in [2.05, 4.69) is 25.6 Å². The van der Waals surface area contributed by atoms with Crippen LogP contribution >= 0.6 is 0 Å². The zero-order chi connectivity index (χ0) is 30.7. The fraction of sp³-hybridized carbons (Fsp3) is 0.310. The molecular weight excluding hydrogens is 565 g/mol. The van der Waals surface area contributed by atoms with E-state index in [1.54, 1.807) is 49.3 Å². The Kier molecular flexibility index (Phi) is 8.50. The molecule has 43 heavy (non-hydrogen) atoms. The quantitative estimate of drug-likeness (QED) is 0.250. The van der Waals surface area contributed by atoms with Crippen molar-refractivity contribution in [2.45, 2.75) is 13.1 Å². The van der Waals surface area contributed by atoms with Gasteiger partial charge in [0.25, 0.3) is 5.91 Å². The van der Waals surface area contributed by atoms with Gasteiger partial charge in [0, 0.05) is 68.6 Å². The molecule has 4 aromatic rings. The maximum Gasteiger partial charge on any atom is 0.416 e. The van der Waals surface area contributed by atoms with Crippen molar-refractivity contribution in [3.8, 4) is 0 Å². The number of carbonyl (C=O) groups excluding carboxylic acids is 2. The van der Waals surface area contributed by atoms with Crippen molar-refractivity contribution in [2.24, 2.45) is 0 Å². The summed E-state index contributed by atoms with van der Waals surface area (Å²) in [7, 11) is 1.56. The van der Waals surface area contributed by atoms with Gasteiger partial charge in [-0.2, -0.15) is 13.2 Å². The number of carbonyl (C=O) groups is 2. The minimum absolute atomic E-state index is 0.00795. The van der Waals surface area contributed by atoms with Gasteiger partial charge in [-0.25, -0.2) is 14.8 Å². The van der Waals surface area contributed by atoms with Gasteiger partial charge in [-0.3, -0.25) is 14.6 Å². The number of aromatic amines is 1. The monoisotopic (exact) mass is 596 g/mol. The predicted octanol–water partition coefficient (Wildman–Crippen LogP) is 4.32. The summed E-state index contributed by atoms with van der Waals surface area (Å²) in [5.41, 5.74) is 1.20. The Morgan fingerprint density at radius 1 is 1.05 bits per heavy atom. The summed E-state index contributed by atoms with van der Waals surface area (Å²) < 4.78 is 41.4. The van der Waals surface area contributed by atoms with Crippen molar-refractivity contribution in [3.05, 3.63) is 71.7 Å². The predicted molar refractivity (Wildman–Crippen MR) is 158 cm³/mol. The molecular formula is C29H31F3N8O3. The number of halogens is 3. The summed E-state index contributed by atoms with van der Waals surface area (Å²) >= 11 is 0. The van der Waals surface area contributed by atoms with Crippen LogP contribution in [0.1, 0.15) is 21.5 Å². The van der Waals surface area contributed by atoms with Gasteiger partial charge in [0.1, 0.15) is 17.8 Å². The Hall–Kier alpha value is -4.69. The van der Waals surface area contributed by atoms with Crippen molar-refractivity contribution in [1.29, 1.82) is 0 Å². The van der Waals surface area contributed by atoms with E-state index in [1.807, 2.05) is 4.90 Å². The zero-order valence-electron chi connectivity index (χ0n) is 23.6. The molecule has 0 radical (unpaired) electrons. The van der Waals surface area contributed by atoms with E-state index in [-0.39, 0.29) is 12.2 Å². The molecule has 0 unspecified atom stereocenters. The largest absolute Gasteiger partial charge is 0.416 e. The van der Waals surface area contributed by atoms with E-state index >= 15 is 0 Å². The SMILES string of the molecule is Cc1ccc(NC(=O)c2cc(N3CCN(CCO)CC3)cc(C(F)(F)F)c2)cc1NC(=O)N(C)c1ncnc2[nH]ccc12. The number of aliphatic hydroxyl groups is 1. The molecule has 0 aliphatic carbocycles. The summed E-state index contributed by atoms with van der Waals surface area (Å²) in [5, 5.41) is 15.3. The minimum atomic E-state index is -4.65. The smallest absolute Gasteiger partial charge is 0.395 e. The molecule has 4 N–H and O–H groups in total. The highest BCUT2D eigenvalue weighted by Crippen LogP contribution is 2.34. The Morgan fingerprint density at radius 3 is 2.53 bits per heavy atom. The van der Waals surface area contributed by atoms with Gasteiger partial charge < -0.3 is 25.6 Å². The van der Waals surface area contributed by atoms with E-state index in [4.69, 9.17) is 5.11 Å². The second kappa shape index (κ2) is 12.3. The number of H-pyrrole nitrogens is 1. The molecule has 0 spiro atoms. The summed E-state index contributed by atoms with van der Waals surface area (Å²) in [6.07, 6.45) is -1.61. The molecule has 1 aliphatic rings. The number of aliphatic hydroxyl groups excluding tert-OH is 1. The third-order valence-corrected chi connectivity index (χ3v) is 7.35. The number of β-amino-alcohol motifs (C(OH)–C–C–N with tert-alkyl or cyclic N) is 1. The molecule has 0 atom stereocenters. The number of benzene rings is 2. The third kappa shape index (κ3) is 6.70. The van der Waals surface area contributed by atoms with E-state index < -0.39 is 23.7 Å². The second-order valence-electron chi connectivity index (χ2n) is 10.2. The first-order valence-electron chi connectivity index (χ1n) is 13.6. The summed E-state index contributed by atoms with van der Waals surface area (Å²) in [5.74, 6) is -0.332. The maximum absolute atomic E-state index is 13.8. The lowest BCUT2D eigenvalue weighted by molar-refractivity contribution is -0.137. The van der Waals surface area contributed by atoms with Gasteiger partial charge in [0.05, 0.1) is 17.6 Å². The Labute approximate surface area is 245 Å². The van der Waals surface area contributed by atoms with Crippen LogP contribution in [0.2, 0.25) is 0 Å². The van der Waals surface area contributed by atoms with Gasteiger partial charge >= 0.3 is 12.2 Å². The molecule has 5 rings (SSSR count). The fourth-order valence-corrected chi connectivity index (χ4v) is 4.92. The highest BCUT2D eigenvalue weighted by molar-refractivity contribution is 6.07. The number of aryl methyl sites for hydroxylation is 1. The molecule has 0 bridgehead atoms. The standard InChI is InChI=1S/C29H31F3N8O3/c1-18-3-4-21(16-24(18)37-28(43)38(2)26-23-5-6-33-25(23)34-17-35-26)36-27(42)19-13-20(29(30,31)32)15-22(14-19)40-9-7-39(8-10-40)11-12-41/h3-6,13-17,41H,7-12H2,1-2H3,(H,36,42)(H,37,43)(H,33,34,35). The highest BCUT2D eigenvalue weighted by atomic mass is 19.4. The van der Waals surface area contributed by atoms with E-state index in [0.29, 0.717) is 72.2 Å². The highest BCUT2D eigenvalue weighted by Gasteiger charge is 2.33. The minimum Gasteiger partial charge on any atom is -0.395 e. The number of urea groups is 1. The number of amides is 3. The molecule has 0 saturated carbocycles. The molecule has 1 saturated heterocycles. The molecule has 1 aliphatic heterocycles. The molecule has 1 fully saturated rings. The van der Waals surface area contributed by atoms with Crippen molar-refractivity contribution in [1.82, 2.24) is 19.9 Å². The first-order chi connectivity index (χ1) is 20.5. The van der Waals surface area contributed by atoms with E-state index in [1.165, 1.54) is 17.3 Å². The summed E-state index contributed by atoms with van der Waals surface area (Å²) in [6, 6.07) is 9.42. The molecule has 2 aromatic carbocycles. The molecule has 11 nitrogen and oxygen atoms in total. The van der Waals surface area contributed by atoms with E-state index in [9.17, 15) is 22.8 Å². The summed E-state index contributed by atoms with van der Waals surface area (Å²) in [4.78, 5) is 42.8. The number of hydrogen-bond donors (Lipinski definition) is 4. The third-order valence-electron chi connectivity index (χ3n) is 7.35. The number of aromatic nitrogens is 3. The van der Waals surface area contributed by atoms with Crippen molar-refractivity contribution < 1.29 is 27.9 Å². The van der Waals surface area contributed by atoms with Gasteiger partial charge in [-0.05, 0) is 48.9 Å².